The molecule has 5 nitrogen and oxygen atoms in total. The highest BCUT2D eigenvalue weighted by Crippen LogP contribution is 2.34. The molecular weight excluding hydrogens is 422 g/mol. The van der Waals surface area contributed by atoms with Crippen LogP contribution in [-0.4, -0.2) is 18.1 Å². The third kappa shape index (κ3) is 3.86. The number of benzene rings is 1. The fourth-order valence-electron chi connectivity index (χ4n) is 2.63. The summed E-state index contributed by atoms with van der Waals surface area (Å²) >= 11 is 10.3. The molecule has 25 heavy (non-hydrogen) atoms. The monoisotopic (exact) mass is 437 g/mol. The Balaban J connectivity index is 1.95. The van der Waals surface area contributed by atoms with Crippen molar-refractivity contribution in [1.29, 1.82) is 0 Å². The Bertz CT molecular complexity index is 863. The summed E-state index contributed by atoms with van der Waals surface area (Å²) in [5.74, 6) is 0.399. The molecule has 2 heterocycles. The highest BCUT2D eigenvalue weighted by molar-refractivity contribution is 9.10. The van der Waals surface area contributed by atoms with E-state index in [9.17, 15) is 4.79 Å². The van der Waals surface area contributed by atoms with Crippen LogP contribution in [0, 0.1) is 0 Å². The third-order valence-electron chi connectivity index (χ3n) is 3.74. The van der Waals surface area contributed by atoms with Gasteiger partial charge in [0, 0.05) is 20.4 Å². The van der Waals surface area contributed by atoms with Crippen LogP contribution >= 0.6 is 39.5 Å². The molecule has 0 fully saturated rings. The van der Waals surface area contributed by atoms with Gasteiger partial charge in [0.05, 0.1) is 24.4 Å². The second kappa shape index (κ2) is 7.55. The molecule has 1 atom stereocenters. The minimum Gasteiger partial charge on any atom is -0.495 e. The van der Waals surface area contributed by atoms with Crippen LogP contribution in [0.25, 0.3) is 0 Å². The molecule has 8 heteroatoms. The van der Waals surface area contributed by atoms with E-state index in [-0.39, 0.29) is 11.9 Å². The van der Waals surface area contributed by atoms with E-state index in [2.05, 4.69) is 31.9 Å². The second-order valence-electron chi connectivity index (χ2n) is 5.39. The molecule has 2 aromatic rings. The van der Waals surface area contributed by atoms with Gasteiger partial charge in [-0.3, -0.25) is 4.79 Å². The molecular formula is C17H16BrN3O2S2. The van der Waals surface area contributed by atoms with E-state index in [0.717, 1.165) is 15.0 Å². The van der Waals surface area contributed by atoms with Crippen LogP contribution in [0.4, 0.5) is 5.69 Å². The fourth-order valence-corrected chi connectivity index (χ4v) is 4.40. The summed E-state index contributed by atoms with van der Waals surface area (Å²) in [4.78, 5) is 14.0. The summed E-state index contributed by atoms with van der Waals surface area (Å²) < 4.78 is 6.28. The van der Waals surface area contributed by atoms with Crippen molar-refractivity contribution in [2.45, 2.75) is 13.0 Å². The van der Waals surface area contributed by atoms with Crippen molar-refractivity contribution in [3.05, 3.63) is 56.3 Å². The number of rotatable bonds is 4. The van der Waals surface area contributed by atoms with E-state index in [4.69, 9.17) is 17.0 Å². The predicted molar refractivity (Wildman–Crippen MR) is 108 cm³/mol. The Labute approximate surface area is 163 Å². The van der Waals surface area contributed by atoms with Crippen LogP contribution in [0.3, 0.4) is 0 Å². The van der Waals surface area contributed by atoms with Gasteiger partial charge in [-0.05, 0) is 53.3 Å². The van der Waals surface area contributed by atoms with Crippen molar-refractivity contribution in [2.75, 3.05) is 12.4 Å². The lowest BCUT2D eigenvalue weighted by Gasteiger charge is -2.29. The van der Waals surface area contributed by atoms with Gasteiger partial charge in [0.25, 0.3) is 5.91 Å². The molecule has 1 aromatic heterocycles. The summed E-state index contributed by atoms with van der Waals surface area (Å²) in [7, 11) is 1.57. The number of hydrogen-bond acceptors (Lipinski definition) is 4. The molecule has 1 aliphatic rings. The molecule has 3 N–H and O–H groups in total. The molecule has 0 saturated heterocycles. The molecule has 0 radical (unpaired) electrons. The first-order valence-electron chi connectivity index (χ1n) is 7.46. The van der Waals surface area contributed by atoms with Crippen molar-refractivity contribution in [3.63, 3.8) is 0 Å². The zero-order chi connectivity index (χ0) is 18.0. The Morgan fingerprint density at radius 2 is 2.16 bits per heavy atom. The molecule has 130 valence electrons. The van der Waals surface area contributed by atoms with E-state index < -0.39 is 0 Å². The molecule has 0 bridgehead atoms. The number of para-hydroxylation sites is 2. The number of anilines is 1. The summed E-state index contributed by atoms with van der Waals surface area (Å²) in [5, 5.41) is 11.6. The number of carbonyl (C=O) groups is 1. The first-order chi connectivity index (χ1) is 12.0. The van der Waals surface area contributed by atoms with Gasteiger partial charge in [-0.1, -0.05) is 12.1 Å². The van der Waals surface area contributed by atoms with Crippen LogP contribution in [0.1, 0.15) is 17.8 Å². The zero-order valence-corrected chi connectivity index (χ0v) is 16.8. The Morgan fingerprint density at radius 3 is 2.84 bits per heavy atom. The number of allylic oxidation sites excluding steroid dienone is 1. The number of carbonyl (C=O) groups excluding carboxylic acids is 1. The minimum absolute atomic E-state index is 0.209. The minimum atomic E-state index is -0.306. The van der Waals surface area contributed by atoms with Gasteiger partial charge in [0.2, 0.25) is 0 Å². The predicted octanol–water partition coefficient (Wildman–Crippen LogP) is 3.95. The molecule has 1 aliphatic heterocycles. The summed E-state index contributed by atoms with van der Waals surface area (Å²) in [6.07, 6.45) is 0. The van der Waals surface area contributed by atoms with E-state index in [1.807, 2.05) is 30.5 Å². The smallest absolute Gasteiger partial charge is 0.255 e. The lowest BCUT2D eigenvalue weighted by Crippen LogP contribution is -2.45. The van der Waals surface area contributed by atoms with Gasteiger partial charge in [0.15, 0.2) is 5.11 Å². The number of nitrogens with one attached hydrogen (secondary N) is 3. The maximum absolute atomic E-state index is 13.0. The van der Waals surface area contributed by atoms with Crippen LogP contribution in [0.2, 0.25) is 0 Å². The van der Waals surface area contributed by atoms with E-state index in [0.29, 0.717) is 22.1 Å². The van der Waals surface area contributed by atoms with Gasteiger partial charge in [0.1, 0.15) is 5.75 Å². The van der Waals surface area contributed by atoms with Gasteiger partial charge < -0.3 is 20.7 Å². The zero-order valence-electron chi connectivity index (χ0n) is 13.6. The van der Waals surface area contributed by atoms with Crippen molar-refractivity contribution in [1.82, 2.24) is 10.6 Å². The normalized spacial score (nSPS) is 16.9. The van der Waals surface area contributed by atoms with Gasteiger partial charge in [-0.25, -0.2) is 0 Å². The maximum Gasteiger partial charge on any atom is 0.255 e. The summed E-state index contributed by atoms with van der Waals surface area (Å²) in [5.41, 5.74) is 1.94. The van der Waals surface area contributed by atoms with Crippen molar-refractivity contribution < 1.29 is 9.53 Å². The molecule has 1 aromatic carbocycles. The lowest BCUT2D eigenvalue weighted by molar-refractivity contribution is -0.113. The van der Waals surface area contributed by atoms with E-state index >= 15 is 0 Å². The first-order valence-corrected chi connectivity index (χ1v) is 9.54. The van der Waals surface area contributed by atoms with Gasteiger partial charge in [-0.15, -0.1) is 11.3 Å². The Kier molecular flexibility index (Phi) is 5.41. The van der Waals surface area contributed by atoms with Crippen LogP contribution < -0.4 is 20.7 Å². The molecule has 0 spiro atoms. The molecule has 0 aliphatic carbocycles. The van der Waals surface area contributed by atoms with Crippen LogP contribution in [0.5, 0.6) is 5.75 Å². The largest absolute Gasteiger partial charge is 0.495 e. The molecule has 3 rings (SSSR count). The standard InChI is InChI=1S/C17H16BrN3O2S2/c1-9-14(16(22)20-11-5-3-4-6-12(11)23-2)15(21-17(24)19-9)13-7-10(18)8-25-13/h3-8,15H,1-2H3,(H,20,22)(H2,19,21,24). The van der Waals surface area contributed by atoms with Gasteiger partial charge >= 0.3 is 0 Å². The fraction of sp³-hybridized carbons (Fsp3) is 0.176. The number of hydrogen-bond donors (Lipinski definition) is 3. The van der Waals surface area contributed by atoms with Crippen LogP contribution in [-0.2, 0) is 4.79 Å². The number of amides is 1. The summed E-state index contributed by atoms with van der Waals surface area (Å²) in [6.45, 7) is 1.85. The highest BCUT2D eigenvalue weighted by Gasteiger charge is 2.31. The number of halogens is 1. The number of thiophene rings is 1. The van der Waals surface area contributed by atoms with Gasteiger partial charge in [-0.2, -0.15) is 0 Å². The number of methoxy groups -OCH3 is 1. The Morgan fingerprint density at radius 1 is 1.40 bits per heavy atom. The van der Waals surface area contributed by atoms with Crippen molar-refractivity contribution >= 4 is 56.2 Å². The second-order valence-corrected chi connectivity index (χ2v) is 7.66. The molecule has 1 unspecified atom stereocenters. The number of thiocarbonyl (C=S) groups is 1. The highest BCUT2D eigenvalue weighted by atomic mass is 79.9. The Hall–Kier alpha value is -1.90. The molecule has 1 amide bonds. The number of ether oxygens (including phenoxy) is 1. The van der Waals surface area contributed by atoms with Crippen molar-refractivity contribution in [3.8, 4) is 5.75 Å². The average Bonchev–Trinajstić information content (AvgIpc) is 3.01. The van der Waals surface area contributed by atoms with Crippen molar-refractivity contribution in [2.24, 2.45) is 0 Å². The SMILES string of the molecule is COc1ccccc1NC(=O)C1=C(C)NC(=S)NC1c1cc(Br)cs1. The topological polar surface area (TPSA) is 62.4 Å². The van der Waals surface area contributed by atoms with Crippen LogP contribution in [0.15, 0.2) is 51.5 Å². The van der Waals surface area contributed by atoms with E-state index in [1.165, 1.54) is 0 Å². The third-order valence-corrected chi connectivity index (χ3v) is 5.72. The summed E-state index contributed by atoms with van der Waals surface area (Å²) in [6, 6.07) is 8.99. The lowest BCUT2D eigenvalue weighted by atomic mass is 10.0. The van der Waals surface area contributed by atoms with E-state index in [1.54, 1.807) is 30.6 Å². The first kappa shape index (κ1) is 17.9. The quantitative estimate of drug-likeness (QED) is 0.632. The average molecular weight is 438 g/mol. The molecule has 0 saturated carbocycles. The maximum atomic E-state index is 13.0.